The van der Waals surface area contributed by atoms with Gasteiger partial charge < -0.3 is 9.64 Å². The van der Waals surface area contributed by atoms with Crippen molar-refractivity contribution in [3.63, 3.8) is 0 Å². The standard InChI is InChI=1S/C21H26BrN5O2/c1-4-26-14-17(10-23-26)13-25-11-15(2)27(21(25)28)20-8-18(22)7-19(9-20)24-5-6-29-16(3)12-24/h7-11,14,16H,4-6,12-13H2,1-3H3/t16-/m1/s1. The van der Waals surface area contributed by atoms with E-state index in [1.54, 1.807) is 9.13 Å². The van der Waals surface area contributed by atoms with Crippen molar-refractivity contribution in [3.05, 3.63) is 63.0 Å². The van der Waals surface area contributed by atoms with Gasteiger partial charge in [-0.1, -0.05) is 15.9 Å². The summed E-state index contributed by atoms with van der Waals surface area (Å²) in [6, 6.07) is 6.16. The molecule has 0 amide bonds. The van der Waals surface area contributed by atoms with Gasteiger partial charge >= 0.3 is 5.69 Å². The van der Waals surface area contributed by atoms with Crippen molar-refractivity contribution in [2.24, 2.45) is 0 Å². The number of anilines is 1. The van der Waals surface area contributed by atoms with Gasteiger partial charge in [-0.25, -0.2) is 4.79 Å². The Morgan fingerprint density at radius 3 is 2.76 bits per heavy atom. The molecule has 3 heterocycles. The van der Waals surface area contributed by atoms with Crippen LogP contribution in [-0.2, 0) is 17.8 Å². The van der Waals surface area contributed by atoms with Crippen molar-refractivity contribution in [3.8, 4) is 5.69 Å². The fourth-order valence-corrected chi connectivity index (χ4v) is 4.30. The summed E-state index contributed by atoms with van der Waals surface area (Å²) < 4.78 is 12.0. The molecule has 2 aromatic heterocycles. The second-order valence-electron chi connectivity index (χ2n) is 7.52. The number of halogens is 1. The zero-order chi connectivity index (χ0) is 20.5. The molecule has 0 saturated carbocycles. The SMILES string of the molecule is CCn1cc(Cn2cc(C)n(-c3cc(Br)cc(N4CCO[C@H](C)C4)c3)c2=O)cn1. The summed E-state index contributed by atoms with van der Waals surface area (Å²) >= 11 is 3.62. The number of aryl methyl sites for hydroxylation is 2. The number of benzene rings is 1. The smallest absolute Gasteiger partial charge is 0.333 e. The Bertz CT molecular complexity index is 1070. The van der Waals surface area contributed by atoms with Gasteiger partial charge in [0.15, 0.2) is 0 Å². The second kappa shape index (κ2) is 8.20. The number of morpholine rings is 1. The molecule has 1 aliphatic rings. The van der Waals surface area contributed by atoms with E-state index in [0.717, 1.165) is 46.7 Å². The number of ether oxygens (including phenoxy) is 1. The van der Waals surface area contributed by atoms with Gasteiger partial charge in [0.05, 0.1) is 31.1 Å². The topological polar surface area (TPSA) is 57.2 Å². The van der Waals surface area contributed by atoms with Crippen LogP contribution in [0.25, 0.3) is 5.69 Å². The molecule has 1 fully saturated rings. The molecule has 1 atom stereocenters. The van der Waals surface area contributed by atoms with Crippen molar-refractivity contribution in [2.75, 3.05) is 24.6 Å². The Labute approximate surface area is 178 Å². The van der Waals surface area contributed by atoms with Crippen LogP contribution in [0.2, 0.25) is 0 Å². The lowest BCUT2D eigenvalue weighted by atomic mass is 10.2. The van der Waals surface area contributed by atoms with Crippen LogP contribution in [-0.4, -0.2) is 44.7 Å². The molecule has 1 aliphatic heterocycles. The minimum Gasteiger partial charge on any atom is -0.375 e. The fraction of sp³-hybridized carbons (Fsp3) is 0.429. The maximum absolute atomic E-state index is 13.2. The molecule has 0 aliphatic carbocycles. The van der Waals surface area contributed by atoms with E-state index in [-0.39, 0.29) is 11.8 Å². The van der Waals surface area contributed by atoms with Gasteiger partial charge in [0.25, 0.3) is 0 Å². The monoisotopic (exact) mass is 459 g/mol. The van der Waals surface area contributed by atoms with Gasteiger partial charge in [-0.2, -0.15) is 5.10 Å². The molecule has 0 radical (unpaired) electrons. The maximum Gasteiger partial charge on any atom is 0.333 e. The van der Waals surface area contributed by atoms with Crippen LogP contribution in [0.1, 0.15) is 25.1 Å². The highest BCUT2D eigenvalue weighted by Gasteiger charge is 2.19. The quantitative estimate of drug-likeness (QED) is 0.587. The summed E-state index contributed by atoms with van der Waals surface area (Å²) in [5, 5.41) is 4.30. The van der Waals surface area contributed by atoms with Gasteiger partial charge in [-0.15, -0.1) is 0 Å². The molecule has 3 aromatic rings. The molecule has 154 valence electrons. The van der Waals surface area contributed by atoms with E-state index in [4.69, 9.17) is 4.74 Å². The molecular weight excluding hydrogens is 434 g/mol. The molecule has 4 rings (SSSR count). The average Bonchev–Trinajstić information content (AvgIpc) is 3.25. The predicted molar refractivity (Wildman–Crippen MR) is 117 cm³/mol. The lowest BCUT2D eigenvalue weighted by molar-refractivity contribution is 0.0532. The second-order valence-corrected chi connectivity index (χ2v) is 8.43. The van der Waals surface area contributed by atoms with Gasteiger partial charge in [0.2, 0.25) is 0 Å². The zero-order valence-corrected chi connectivity index (χ0v) is 18.6. The fourth-order valence-electron chi connectivity index (χ4n) is 3.83. The van der Waals surface area contributed by atoms with Crippen LogP contribution in [0.5, 0.6) is 0 Å². The third-order valence-corrected chi connectivity index (χ3v) is 5.69. The number of hydrogen-bond acceptors (Lipinski definition) is 4. The first-order valence-electron chi connectivity index (χ1n) is 9.92. The summed E-state index contributed by atoms with van der Waals surface area (Å²) in [5.74, 6) is 0. The Morgan fingerprint density at radius 2 is 2.03 bits per heavy atom. The van der Waals surface area contributed by atoms with Crippen molar-refractivity contribution < 1.29 is 4.74 Å². The molecule has 0 bridgehead atoms. The van der Waals surface area contributed by atoms with Crippen LogP contribution in [0.3, 0.4) is 0 Å². The molecule has 1 saturated heterocycles. The Kier molecular flexibility index (Phi) is 5.65. The van der Waals surface area contributed by atoms with E-state index in [9.17, 15) is 4.79 Å². The highest BCUT2D eigenvalue weighted by Crippen LogP contribution is 2.26. The zero-order valence-electron chi connectivity index (χ0n) is 17.0. The summed E-state index contributed by atoms with van der Waals surface area (Å²) in [4.78, 5) is 15.5. The van der Waals surface area contributed by atoms with E-state index >= 15 is 0 Å². The molecule has 1 aromatic carbocycles. The molecule has 7 nitrogen and oxygen atoms in total. The first-order valence-corrected chi connectivity index (χ1v) is 10.7. The Hall–Kier alpha value is -2.32. The van der Waals surface area contributed by atoms with Crippen LogP contribution in [0.15, 0.2) is 46.1 Å². The minimum atomic E-state index is -0.0499. The first-order chi connectivity index (χ1) is 13.9. The summed E-state index contributed by atoms with van der Waals surface area (Å²) in [6.45, 7) is 9.81. The normalized spacial score (nSPS) is 17.1. The molecule has 0 N–H and O–H groups in total. The van der Waals surface area contributed by atoms with Crippen LogP contribution in [0.4, 0.5) is 5.69 Å². The highest BCUT2D eigenvalue weighted by atomic mass is 79.9. The van der Waals surface area contributed by atoms with E-state index < -0.39 is 0 Å². The molecule has 0 spiro atoms. The van der Waals surface area contributed by atoms with Crippen molar-refractivity contribution in [1.29, 1.82) is 0 Å². The summed E-state index contributed by atoms with van der Waals surface area (Å²) in [7, 11) is 0. The largest absolute Gasteiger partial charge is 0.375 e. The highest BCUT2D eigenvalue weighted by molar-refractivity contribution is 9.10. The number of hydrogen-bond donors (Lipinski definition) is 0. The molecule has 0 unspecified atom stereocenters. The van der Waals surface area contributed by atoms with E-state index in [2.05, 4.69) is 45.0 Å². The van der Waals surface area contributed by atoms with Crippen molar-refractivity contribution in [2.45, 2.75) is 40.0 Å². The number of rotatable bonds is 5. The van der Waals surface area contributed by atoms with Crippen molar-refractivity contribution in [1.82, 2.24) is 18.9 Å². The van der Waals surface area contributed by atoms with Gasteiger partial charge in [-0.3, -0.25) is 13.8 Å². The van der Waals surface area contributed by atoms with E-state index in [1.807, 2.05) is 43.2 Å². The number of imidazole rings is 1. The summed E-state index contributed by atoms with van der Waals surface area (Å²) in [6.07, 6.45) is 5.90. The first kappa shape index (κ1) is 20.0. The third kappa shape index (κ3) is 4.18. The van der Waals surface area contributed by atoms with Crippen LogP contribution in [0, 0.1) is 6.92 Å². The Balaban J connectivity index is 1.67. The minimum absolute atomic E-state index is 0.0499. The molecule has 8 heteroatoms. The summed E-state index contributed by atoms with van der Waals surface area (Å²) in [5.41, 5.74) is 3.82. The molecule has 29 heavy (non-hydrogen) atoms. The van der Waals surface area contributed by atoms with E-state index in [1.165, 1.54) is 0 Å². The lowest BCUT2D eigenvalue weighted by Gasteiger charge is -2.33. The van der Waals surface area contributed by atoms with Crippen molar-refractivity contribution >= 4 is 21.6 Å². The average molecular weight is 460 g/mol. The Morgan fingerprint density at radius 1 is 1.24 bits per heavy atom. The van der Waals surface area contributed by atoms with E-state index in [0.29, 0.717) is 13.2 Å². The number of aromatic nitrogens is 4. The number of nitrogens with zero attached hydrogens (tertiary/aromatic N) is 5. The van der Waals surface area contributed by atoms with Crippen LogP contribution < -0.4 is 10.6 Å². The van der Waals surface area contributed by atoms with Gasteiger partial charge in [-0.05, 0) is 39.0 Å². The van der Waals surface area contributed by atoms with Gasteiger partial charge in [0.1, 0.15) is 0 Å². The van der Waals surface area contributed by atoms with Crippen LogP contribution >= 0.6 is 15.9 Å². The van der Waals surface area contributed by atoms with Gasteiger partial charge in [0, 0.05) is 53.4 Å². The predicted octanol–water partition coefficient (Wildman–Crippen LogP) is 3.20. The maximum atomic E-state index is 13.2. The molecular formula is C21H26BrN5O2. The lowest BCUT2D eigenvalue weighted by Crippen LogP contribution is -2.41. The third-order valence-electron chi connectivity index (χ3n) is 5.23.